The second-order valence-corrected chi connectivity index (χ2v) is 18.7. The number of carbonyl (C=O) groups excluding carboxylic acids is 2. The van der Waals surface area contributed by atoms with E-state index in [2.05, 4.69) is 44.3 Å². The molecule has 0 aromatic carbocycles. The second kappa shape index (κ2) is 45.9. The quantitative estimate of drug-likeness (QED) is 0.0149. The largest absolute Gasteiger partial charge is 0.454 e. The summed E-state index contributed by atoms with van der Waals surface area (Å²) >= 11 is 0. The van der Waals surface area contributed by atoms with Crippen LogP contribution in [0.25, 0.3) is 0 Å². The van der Waals surface area contributed by atoms with Gasteiger partial charge in [0.15, 0.2) is 12.4 Å². The molecule has 11 heteroatoms. The zero-order valence-corrected chi connectivity index (χ0v) is 43.4. The van der Waals surface area contributed by atoms with Gasteiger partial charge in [-0.3, -0.25) is 9.59 Å². The molecule has 8 unspecified atom stereocenters. The molecule has 1 rings (SSSR count). The molecule has 0 aliphatic carbocycles. The van der Waals surface area contributed by atoms with Gasteiger partial charge in [0, 0.05) is 6.42 Å². The smallest absolute Gasteiger partial charge is 0.306 e. The fraction of sp³-hybridized carbons (Fsp3) is 0.724. The van der Waals surface area contributed by atoms with Crippen molar-refractivity contribution in [3.05, 3.63) is 85.1 Å². The van der Waals surface area contributed by atoms with E-state index < -0.39 is 67.4 Å². The van der Waals surface area contributed by atoms with Crippen molar-refractivity contribution in [3.63, 3.8) is 0 Å². The van der Waals surface area contributed by atoms with Crippen molar-refractivity contribution in [2.45, 2.75) is 256 Å². The fourth-order valence-electron chi connectivity index (χ4n) is 8.03. The Bertz CT molecular complexity index is 1440. The summed E-state index contributed by atoms with van der Waals surface area (Å²) in [6.07, 6.45) is 47.9. The number of esters is 1. The summed E-state index contributed by atoms with van der Waals surface area (Å²) in [5.41, 5.74) is 0. The molecule has 1 aliphatic heterocycles. The molecule has 396 valence electrons. The molecule has 0 bridgehead atoms. The van der Waals surface area contributed by atoms with Gasteiger partial charge in [0.25, 0.3) is 0 Å². The van der Waals surface area contributed by atoms with Crippen LogP contribution in [-0.4, -0.2) is 99.6 Å². The highest BCUT2D eigenvalue weighted by Gasteiger charge is 2.47. The molecule has 8 atom stereocenters. The van der Waals surface area contributed by atoms with Crippen LogP contribution in [0.2, 0.25) is 0 Å². The van der Waals surface area contributed by atoms with Crippen molar-refractivity contribution >= 4 is 11.9 Å². The third-order valence-corrected chi connectivity index (χ3v) is 12.4. The van der Waals surface area contributed by atoms with Crippen LogP contribution in [0.1, 0.15) is 207 Å². The first-order valence-electron chi connectivity index (χ1n) is 27.4. The van der Waals surface area contributed by atoms with E-state index in [0.29, 0.717) is 12.8 Å². The Morgan fingerprint density at radius 2 is 1.06 bits per heavy atom. The third-order valence-electron chi connectivity index (χ3n) is 12.4. The summed E-state index contributed by atoms with van der Waals surface area (Å²) in [4.78, 5) is 26.3. The number of carbonyl (C=O) groups is 2. The Labute approximate surface area is 419 Å². The molecular formula is C58H99NO10. The number of ether oxygens (including phenoxy) is 3. The van der Waals surface area contributed by atoms with E-state index in [9.17, 15) is 35.1 Å². The number of allylic oxidation sites excluding steroid dienone is 13. The van der Waals surface area contributed by atoms with Gasteiger partial charge in [0.05, 0.1) is 25.4 Å². The van der Waals surface area contributed by atoms with Crippen LogP contribution >= 0.6 is 0 Å². The van der Waals surface area contributed by atoms with Gasteiger partial charge in [0.2, 0.25) is 5.91 Å². The summed E-state index contributed by atoms with van der Waals surface area (Å²) in [6.45, 7) is 5.55. The minimum Gasteiger partial charge on any atom is -0.454 e. The number of aliphatic hydroxyl groups excluding tert-OH is 5. The van der Waals surface area contributed by atoms with Gasteiger partial charge in [0.1, 0.15) is 24.4 Å². The highest BCUT2D eigenvalue weighted by atomic mass is 16.7. The topological polar surface area (TPSA) is 175 Å². The van der Waals surface area contributed by atoms with Gasteiger partial charge in [-0.05, 0) is 64.2 Å². The van der Waals surface area contributed by atoms with Crippen molar-refractivity contribution in [2.75, 3.05) is 13.2 Å². The lowest BCUT2D eigenvalue weighted by atomic mass is 9.99. The SMILES string of the molecule is CC/C=C/C=C/C=C\C=C/C=C/CCC(O)C(=O)NC(COC1OC(CO)C(O)C(O)C1OC(=O)CCCCCCCCC/C=C/CCCCCCCC)C(O)/C=C/CCCCCCCCCCC. The number of unbranched alkanes of at least 4 members (excludes halogenated alkanes) is 22. The molecule has 0 radical (unpaired) electrons. The van der Waals surface area contributed by atoms with Gasteiger partial charge in [-0.25, -0.2) is 0 Å². The number of hydrogen-bond donors (Lipinski definition) is 6. The zero-order valence-electron chi connectivity index (χ0n) is 43.4. The van der Waals surface area contributed by atoms with Crippen LogP contribution in [0.15, 0.2) is 85.1 Å². The van der Waals surface area contributed by atoms with Gasteiger partial charge in [-0.1, -0.05) is 221 Å². The highest BCUT2D eigenvalue weighted by Crippen LogP contribution is 2.26. The Morgan fingerprint density at radius 3 is 1.58 bits per heavy atom. The molecule has 0 saturated carbocycles. The summed E-state index contributed by atoms with van der Waals surface area (Å²) in [6, 6.07) is -1.06. The van der Waals surface area contributed by atoms with Crippen LogP contribution in [0.3, 0.4) is 0 Å². The first kappa shape index (κ1) is 63.9. The van der Waals surface area contributed by atoms with E-state index in [-0.39, 0.29) is 19.4 Å². The molecule has 1 heterocycles. The standard InChI is InChI=1S/C58H99NO10/c1-4-7-10-13-16-19-22-24-25-26-27-28-31-34-37-40-43-46-53(63)69-56-55(65)54(64)52(47-60)68-58(56)67-48-49(50(61)44-41-38-35-32-29-21-18-15-12-9-6-3)59-57(66)51(62)45-42-39-36-33-30-23-20-17-14-11-8-5-2/h8,11,14,17,20,23-25,30,33,36,39,41,44,49-52,54-56,58,60-62,64-65H,4-7,9-10,12-13,15-16,18-19,21-22,26-29,31-32,34-35,37-38,40,42-43,45-48H2,1-3H3,(H,59,66)/b11-8+,17-14+,23-20-,25-24+,33-30-,39-36+,44-41+. The van der Waals surface area contributed by atoms with E-state index >= 15 is 0 Å². The van der Waals surface area contributed by atoms with Gasteiger partial charge in [-0.15, -0.1) is 0 Å². The Hall–Kier alpha value is -3.16. The average molecular weight is 970 g/mol. The highest BCUT2D eigenvalue weighted by molar-refractivity contribution is 5.80. The van der Waals surface area contributed by atoms with E-state index in [1.54, 1.807) is 6.08 Å². The van der Waals surface area contributed by atoms with Gasteiger partial charge in [-0.2, -0.15) is 0 Å². The number of rotatable bonds is 44. The van der Waals surface area contributed by atoms with Gasteiger partial charge < -0.3 is 45.1 Å². The number of aliphatic hydroxyl groups is 5. The molecule has 1 amide bonds. The summed E-state index contributed by atoms with van der Waals surface area (Å²) in [7, 11) is 0. The molecule has 1 aliphatic rings. The van der Waals surface area contributed by atoms with Crippen LogP contribution < -0.4 is 5.32 Å². The number of hydrogen-bond acceptors (Lipinski definition) is 10. The fourth-order valence-corrected chi connectivity index (χ4v) is 8.03. The summed E-state index contributed by atoms with van der Waals surface area (Å²) in [5, 5.41) is 56.5. The van der Waals surface area contributed by atoms with E-state index in [1.165, 1.54) is 96.3 Å². The maximum Gasteiger partial charge on any atom is 0.306 e. The zero-order chi connectivity index (χ0) is 50.4. The molecular weight excluding hydrogens is 871 g/mol. The molecule has 11 nitrogen and oxygen atoms in total. The molecule has 0 aromatic heterocycles. The molecule has 0 aromatic rings. The monoisotopic (exact) mass is 970 g/mol. The van der Waals surface area contributed by atoms with Crippen molar-refractivity contribution in [1.82, 2.24) is 5.32 Å². The van der Waals surface area contributed by atoms with Crippen LogP contribution in [0, 0.1) is 0 Å². The van der Waals surface area contributed by atoms with E-state index in [4.69, 9.17) is 14.2 Å². The van der Waals surface area contributed by atoms with E-state index in [0.717, 1.165) is 64.2 Å². The molecule has 69 heavy (non-hydrogen) atoms. The van der Waals surface area contributed by atoms with Crippen molar-refractivity contribution in [3.8, 4) is 0 Å². The molecule has 1 saturated heterocycles. The Morgan fingerprint density at radius 1 is 0.580 bits per heavy atom. The lowest BCUT2D eigenvalue weighted by Crippen LogP contribution is -2.61. The summed E-state index contributed by atoms with van der Waals surface area (Å²) < 4.78 is 17.5. The maximum absolute atomic E-state index is 13.3. The van der Waals surface area contributed by atoms with Crippen LogP contribution in [0.5, 0.6) is 0 Å². The van der Waals surface area contributed by atoms with Crippen molar-refractivity contribution in [2.24, 2.45) is 0 Å². The minimum atomic E-state index is -1.63. The molecule has 1 fully saturated rings. The average Bonchev–Trinajstić information content (AvgIpc) is 3.34. The Balaban J connectivity index is 2.78. The van der Waals surface area contributed by atoms with Crippen molar-refractivity contribution < 1.29 is 49.3 Å². The minimum absolute atomic E-state index is 0.106. The lowest BCUT2D eigenvalue weighted by Gasteiger charge is -2.41. The lowest BCUT2D eigenvalue weighted by molar-refractivity contribution is -0.305. The van der Waals surface area contributed by atoms with E-state index in [1.807, 2.05) is 60.8 Å². The maximum atomic E-state index is 13.3. The number of nitrogens with one attached hydrogen (secondary N) is 1. The summed E-state index contributed by atoms with van der Waals surface area (Å²) in [5.74, 6) is -1.28. The van der Waals surface area contributed by atoms with Crippen LogP contribution in [0.4, 0.5) is 0 Å². The first-order chi connectivity index (χ1) is 33.7. The first-order valence-corrected chi connectivity index (χ1v) is 27.4. The molecule has 0 spiro atoms. The number of amides is 1. The third kappa shape index (κ3) is 34.7. The van der Waals surface area contributed by atoms with Crippen molar-refractivity contribution in [1.29, 1.82) is 0 Å². The predicted octanol–water partition coefficient (Wildman–Crippen LogP) is 11.8. The Kier molecular flexibility index (Phi) is 42.5. The second-order valence-electron chi connectivity index (χ2n) is 18.7. The van der Waals surface area contributed by atoms with Crippen LogP contribution in [-0.2, 0) is 23.8 Å². The molecule has 6 N–H and O–H groups in total. The predicted molar refractivity (Wildman–Crippen MR) is 282 cm³/mol. The van der Waals surface area contributed by atoms with Gasteiger partial charge >= 0.3 is 5.97 Å². The normalized spacial score (nSPS) is 20.5.